The van der Waals surface area contributed by atoms with Crippen molar-refractivity contribution in [1.29, 1.82) is 0 Å². The van der Waals surface area contributed by atoms with E-state index in [0.717, 1.165) is 0 Å². The second-order valence-corrected chi connectivity index (χ2v) is 7.59. The van der Waals surface area contributed by atoms with Crippen LogP contribution in [0, 0.1) is 10.1 Å². The first kappa shape index (κ1) is 24.1. The van der Waals surface area contributed by atoms with Gasteiger partial charge < -0.3 is 20.1 Å². The Labute approximate surface area is 200 Å². The van der Waals surface area contributed by atoms with Gasteiger partial charge >= 0.3 is 11.2 Å². The van der Waals surface area contributed by atoms with Gasteiger partial charge in [-0.25, -0.2) is 0 Å². The van der Waals surface area contributed by atoms with Crippen LogP contribution in [0.1, 0.15) is 11.4 Å². The number of carbonyl (C=O) groups excluding carboxylic acids is 1. The second kappa shape index (κ2) is 10.3. The first-order chi connectivity index (χ1) is 15.6. The normalized spacial score (nSPS) is 10.9. The molecule has 0 saturated carbocycles. The van der Waals surface area contributed by atoms with Gasteiger partial charge in [0, 0.05) is 0 Å². The lowest BCUT2D eigenvalue weighted by Crippen LogP contribution is -2.20. The van der Waals surface area contributed by atoms with Crippen molar-refractivity contribution in [3.8, 4) is 11.6 Å². The molecule has 0 atom stereocenters. The van der Waals surface area contributed by atoms with Gasteiger partial charge in [0.1, 0.15) is 11.6 Å². The average molecular weight is 512 g/mol. The Morgan fingerprint density at radius 3 is 2.45 bits per heavy atom. The molecule has 3 rings (SSSR count). The molecule has 0 spiro atoms. The summed E-state index contributed by atoms with van der Waals surface area (Å²) in [6.07, 6.45) is 2.90. The van der Waals surface area contributed by atoms with Crippen LogP contribution >= 0.6 is 34.8 Å². The summed E-state index contributed by atoms with van der Waals surface area (Å²) in [7, 11) is 0. The van der Waals surface area contributed by atoms with Gasteiger partial charge in [0.2, 0.25) is 0 Å². The lowest BCUT2D eigenvalue weighted by atomic mass is 10.2. The minimum atomic E-state index is -1.07. The van der Waals surface area contributed by atoms with E-state index < -0.39 is 28.0 Å². The SMILES string of the molecule is O=C(COc1ccc(/C=C/c2nc(O)c([N+](=O)[O-])c(=O)[nH]2)cc1)Nc1cc(Cl)c(Cl)cc1Cl. The number of hydrogen-bond acceptors (Lipinski definition) is 7. The highest BCUT2D eigenvalue weighted by Gasteiger charge is 2.21. The maximum Gasteiger partial charge on any atom is 0.395 e. The van der Waals surface area contributed by atoms with Crippen molar-refractivity contribution in [2.45, 2.75) is 0 Å². The van der Waals surface area contributed by atoms with Crippen molar-refractivity contribution < 1.29 is 19.6 Å². The van der Waals surface area contributed by atoms with E-state index in [1.807, 2.05) is 0 Å². The molecule has 0 saturated heterocycles. The van der Waals surface area contributed by atoms with E-state index >= 15 is 0 Å². The second-order valence-electron chi connectivity index (χ2n) is 6.37. The number of halogens is 3. The number of aromatic hydroxyl groups is 1. The minimum Gasteiger partial charge on any atom is -0.488 e. The fraction of sp³-hybridized carbons (Fsp3) is 0.0500. The predicted molar refractivity (Wildman–Crippen MR) is 124 cm³/mol. The van der Waals surface area contributed by atoms with Crippen molar-refractivity contribution in [2.75, 3.05) is 11.9 Å². The molecule has 0 aliphatic heterocycles. The minimum absolute atomic E-state index is 0.0685. The van der Waals surface area contributed by atoms with Crippen LogP contribution in [0.3, 0.4) is 0 Å². The Morgan fingerprint density at radius 1 is 1.15 bits per heavy atom. The van der Waals surface area contributed by atoms with E-state index in [1.54, 1.807) is 30.3 Å². The summed E-state index contributed by atoms with van der Waals surface area (Å²) in [5.74, 6) is -1.11. The molecule has 0 bridgehead atoms. The Morgan fingerprint density at radius 2 is 1.82 bits per heavy atom. The van der Waals surface area contributed by atoms with E-state index in [1.165, 1.54) is 18.2 Å². The average Bonchev–Trinajstić information content (AvgIpc) is 2.74. The summed E-state index contributed by atoms with van der Waals surface area (Å²) in [6, 6.07) is 9.35. The number of nitrogens with one attached hydrogen (secondary N) is 2. The molecular weight excluding hydrogens is 499 g/mol. The molecule has 2 aromatic carbocycles. The van der Waals surface area contributed by atoms with Crippen molar-refractivity contribution in [2.24, 2.45) is 0 Å². The van der Waals surface area contributed by atoms with Crippen LogP contribution in [0.5, 0.6) is 11.6 Å². The number of ether oxygens (including phenoxy) is 1. The van der Waals surface area contributed by atoms with Crippen molar-refractivity contribution in [1.82, 2.24) is 9.97 Å². The third kappa shape index (κ3) is 6.22. The third-order valence-corrected chi connectivity index (χ3v) is 5.08. The first-order valence-electron chi connectivity index (χ1n) is 8.97. The van der Waals surface area contributed by atoms with Gasteiger partial charge in [-0.2, -0.15) is 4.98 Å². The van der Waals surface area contributed by atoms with E-state index in [9.17, 15) is 24.8 Å². The van der Waals surface area contributed by atoms with Crippen LogP contribution in [-0.2, 0) is 4.79 Å². The number of nitro groups is 1. The van der Waals surface area contributed by atoms with Gasteiger partial charge in [-0.05, 0) is 35.9 Å². The van der Waals surface area contributed by atoms with E-state index in [-0.39, 0.29) is 27.5 Å². The standard InChI is InChI=1S/C20H13Cl3N4O6/c21-12-7-14(23)15(8-13(12)22)24-17(28)9-33-11-4-1-10(2-5-11)3-6-16-25-19(29)18(27(31)32)20(30)26-16/h1-8H,9H2,(H,24,28)(H2,25,26,29,30)/b6-3+. The summed E-state index contributed by atoms with van der Waals surface area (Å²) < 4.78 is 5.42. The van der Waals surface area contributed by atoms with Crippen molar-refractivity contribution >= 4 is 64.2 Å². The highest BCUT2D eigenvalue weighted by atomic mass is 35.5. The summed E-state index contributed by atoms with van der Waals surface area (Å²) >= 11 is 17.8. The number of anilines is 1. The molecule has 33 heavy (non-hydrogen) atoms. The number of rotatable bonds is 7. The first-order valence-corrected chi connectivity index (χ1v) is 10.1. The fourth-order valence-corrected chi connectivity index (χ4v) is 3.11. The predicted octanol–water partition coefficient (Wildman–Crippen LogP) is 4.53. The summed E-state index contributed by atoms with van der Waals surface area (Å²) in [4.78, 5) is 39.2. The molecule has 3 aromatic rings. The maximum atomic E-state index is 12.1. The zero-order valence-corrected chi connectivity index (χ0v) is 18.6. The summed E-state index contributed by atoms with van der Waals surface area (Å²) in [6.45, 7) is -0.293. The highest BCUT2D eigenvalue weighted by molar-refractivity contribution is 6.44. The van der Waals surface area contributed by atoms with E-state index in [2.05, 4.69) is 15.3 Å². The number of aromatic amines is 1. The smallest absolute Gasteiger partial charge is 0.395 e. The number of nitrogens with zero attached hydrogens (tertiary/aromatic N) is 2. The Bertz CT molecular complexity index is 1310. The van der Waals surface area contributed by atoms with Gasteiger partial charge in [-0.1, -0.05) is 53.0 Å². The number of H-pyrrole nitrogens is 1. The van der Waals surface area contributed by atoms with Gasteiger partial charge in [0.05, 0.1) is 25.7 Å². The monoisotopic (exact) mass is 510 g/mol. The molecule has 0 aliphatic rings. The Hall–Kier alpha value is -3.60. The molecule has 3 N–H and O–H groups in total. The van der Waals surface area contributed by atoms with Gasteiger partial charge in [0.25, 0.3) is 11.8 Å². The molecule has 0 radical (unpaired) electrons. The molecule has 0 unspecified atom stereocenters. The van der Waals surface area contributed by atoms with Crippen molar-refractivity contribution in [3.05, 3.63) is 83.3 Å². The lowest BCUT2D eigenvalue weighted by molar-refractivity contribution is -0.387. The molecule has 1 heterocycles. The number of carbonyl (C=O) groups is 1. The molecule has 1 amide bonds. The molecular formula is C20H13Cl3N4O6. The molecule has 170 valence electrons. The number of hydrogen-bond donors (Lipinski definition) is 3. The largest absolute Gasteiger partial charge is 0.488 e. The van der Waals surface area contributed by atoms with Crippen LogP contribution in [0.2, 0.25) is 15.1 Å². The highest BCUT2D eigenvalue weighted by Crippen LogP contribution is 2.32. The summed E-state index contributed by atoms with van der Waals surface area (Å²) in [5, 5.41) is 23.5. The topological polar surface area (TPSA) is 147 Å². The number of amides is 1. The van der Waals surface area contributed by atoms with Crippen LogP contribution in [-0.4, -0.2) is 32.5 Å². The third-order valence-electron chi connectivity index (χ3n) is 4.05. The number of benzene rings is 2. The molecule has 10 nitrogen and oxygen atoms in total. The Kier molecular flexibility index (Phi) is 7.54. The Balaban J connectivity index is 1.59. The van der Waals surface area contributed by atoms with Gasteiger partial charge in [0.15, 0.2) is 6.61 Å². The molecule has 13 heteroatoms. The fourth-order valence-electron chi connectivity index (χ4n) is 2.52. The zero-order valence-electron chi connectivity index (χ0n) is 16.3. The quantitative estimate of drug-likeness (QED) is 0.240. The van der Waals surface area contributed by atoms with Crippen LogP contribution in [0.15, 0.2) is 41.2 Å². The van der Waals surface area contributed by atoms with Gasteiger partial charge in [-0.3, -0.25) is 19.7 Å². The number of aromatic nitrogens is 2. The van der Waals surface area contributed by atoms with E-state index in [0.29, 0.717) is 17.0 Å². The lowest BCUT2D eigenvalue weighted by Gasteiger charge is -2.10. The van der Waals surface area contributed by atoms with Gasteiger partial charge in [-0.15, -0.1) is 0 Å². The molecule has 0 fully saturated rings. The maximum absolute atomic E-state index is 12.1. The molecule has 0 aliphatic carbocycles. The van der Waals surface area contributed by atoms with Crippen molar-refractivity contribution in [3.63, 3.8) is 0 Å². The summed E-state index contributed by atoms with van der Waals surface area (Å²) in [5.41, 5.74) is -1.14. The zero-order chi connectivity index (χ0) is 24.1. The van der Waals surface area contributed by atoms with Crippen LogP contribution in [0.25, 0.3) is 12.2 Å². The van der Waals surface area contributed by atoms with Crippen LogP contribution < -0.4 is 15.6 Å². The van der Waals surface area contributed by atoms with E-state index in [4.69, 9.17) is 39.5 Å². The molecule has 1 aromatic heterocycles. The van der Waals surface area contributed by atoms with Crippen LogP contribution in [0.4, 0.5) is 11.4 Å².